The number of carbonyl (C=O) groups excluding carboxylic acids is 2. The molecule has 0 fully saturated rings. The lowest BCUT2D eigenvalue weighted by atomic mass is 10.0. The molecule has 9 nitrogen and oxygen atoms in total. The lowest BCUT2D eigenvalue weighted by Crippen LogP contribution is -2.37. The average molecular weight is 1070 g/mol. The molecule has 2 unspecified atom stereocenters. The average Bonchev–Trinajstić information content (AvgIpc) is 3.36. The number of nitrogens with zero attached hydrogens (tertiary/aromatic N) is 1. The van der Waals surface area contributed by atoms with E-state index in [0.29, 0.717) is 17.4 Å². The number of phosphoric acid groups is 1. The molecular weight excluding hydrogens is 942 g/mol. The van der Waals surface area contributed by atoms with E-state index in [2.05, 4.69) is 13.8 Å². The number of likely N-dealkylation sites (N-methyl/N-ethyl adjacent to an activating group) is 1. The van der Waals surface area contributed by atoms with Crippen LogP contribution in [0.2, 0.25) is 0 Å². The maximum Gasteiger partial charge on any atom is 0.306 e. The molecule has 0 aromatic rings. The van der Waals surface area contributed by atoms with E-state index in [-0.39, 0.29) is 32.0 Å². The predicted molar refractivity (Wildman–Crippen MR) is 315 cm³/mol. The van der Waals surface area contributed by atoms with Gasteiger partial charge in [-0.2, -0.15) is 0 Å². The summed E-state index contributed by atoms with van der Waals surface area (Å²) >= 11 is 0. The third-order valence-corrected chi connectivity index (χ3v) is 16.1. The van der Waals surface area contributed by atoms with Gasteiger partial charge in [0.2, 0.25) is 0 Å². The molecule has 74 heavy (non-hydrogen) atoms. The number of hydrogen-bond acceptors (Lipinski definition) is 8. The highest BCUT2D eigenvalue weighted by molar-refractivity contribution is 7.45. The van der Waals surface area contributed by atoms with Crippen LogP contribution in [0.15, 0.2) is 0 Å². The molecule has 0 aliphatic carbocycles. The molecule has 0 rings (SSSR count). The second-order valence-corrected chi connectivity index (χ2v) is 25.3. The normalized spacial score (nSPS) is 13.1. The van der Waals surface area contributed by atoms with Crippen molar-refractivity contribution in [3.05, 3.63) is 0 Å². The van der Waals surface area contributed by atoms with Crippen molar-refractivity contribution in [1.82, 2.24) is 0 Å². The van der Waals surface area contributed by atoms with Crippen LogP contribution < -0.4 is 4.89 Å². The van der Waals surface area contributed by atoms with Crippen molar-refractivity contribution >= 4 is 19.8 Å². The van der Waals surface area contributed by atoms with E-state index in [1.807, 2.05) is 21.1 Å². The highest BCUT2D eigenvalue weighted by Gasteiger charge is 2.22. The summed E-state index contributed by atoms with van der Waals surface area (Å²) in [6.07, 6.45) is 66.1. The molecule has 0 amide bonds. The summed E-state index contributed by atoms with van der Waals surface area (Å²) in [5, 5.41) is 0. The van der Waals surface area contributed by atoms with Crippen LogP contribution in [0.4, 0.5) is 0 Å². The number of ether oxygens (including phenoxy) is 2. The van der Waals surface area contributed by atoms with Crippen molar-refractivity contribution in [3.63, 3.8) is 0 Å². The molecule has 0 bridgehead atoms. The summed E-state index contributed by atoms with van der Waals surface area (Å²) in [6, 6.07) is 0. The van der Waals surface area contributed by atoms with Gasteiger partial charge in [-0.15, -0.1) is 0 Å². The predicted octanol–water partition coefficient (Wildman–Crippen LogP) is 20.0. The van der Waals surface area contributed by atoms with Gasteiger partial charge in [-0.3, -0.25) is 14.2 Å². The van der Waals surface area contributed by atoms with E-state index in [4.69, 9.17) is 18.5 Å². The molecule has 0 radical (unpaired) electrons. The van der Waals surface area contributed by atoms with Gasteiger partial charge in [0, 0.05) is 12.8 Å². The second kappa shape index (κ2) is 56.7. The van der Waals surface area contributed by atoms with Gasteiger partial charge in [-0.05, 0) is 12.8 Å². The Morgan fingerprint density at radius 3 is 0.865 bits per heavy atom. The first-order chi connectivity index (χ1) is 36.0. The van der Waals surface area contributed by atoms with Crippen LogP contribution in [-0.4, -0.2) is 70.0 Å². The molecule has 2 atom stereocenters. The van der Waals surface area contributed by atoms with Crippen molar-refractivity contribution in [2.75, 3.05) is 47.5 Å². The van der Waals surface area contributed by atoms with Crippen molar-refractivity contribution in [3.8, 4) is 0 Å². The highest BCUT2D eigenvalue weighted by Crippen LogP contribution is 2.38. The van der Waals surface area contributed by atoms with E-state index < -0.39 is 26.5 Å². The van der Waals surface area contributed by atoms with E-state index in [1.54, 1.807) is 0 Å². The topological polar surface area (TPSA) is 111 Å². The molecule has 0 aliphatic heterocycles. The molecule has 10 heteroatoms. The Hall–Kier alpha value is -0.990. The first-order valence-corrected chi connectivity index (χ1v) is 34.2. The minimum absolute atomic E-state index is 0.0250. The van der Waals surface area contributed by atoms with Gasteiger partial charge in [0.15, 0.2) is 6.10 Å². The Bertz CT molecular complexity index is 1210. The largest absolute Gasteiger partial charge is 0.756 e. The van der Waals surface area contributed by atoms with E-state index in [0.717, 1.165) is 32.1 Å². The first kappa shape index (κ1) is 73.0. The zero-order valence-corrected chi connectivity index (χ0v) is 51.2. The van der Waals surface area contributed by atoms with Crippen LogP contribution >= 0.6 is 7.82 Å². The van der Waals surface area contributed by atoms with Crippen molar-refractivity contribution in [1.29, 1.82) is 0 Å². The fourth-order valence-electron chi connectivity index (χ4n) is 10.1. The quantitative estimate of drug-likeness (QED) is 0.0256. The van der Waals surface area contributed by atoms with Crippen LogP contribution in [0.3, 0.4) is 0 Å². The summed E-state index contributed by atoms with van der Waals surface area (Å²) in [4.78, 5) is 37.9. The van der Waals surface area contributed by atoms with Crippen LogP contribution in [-0.2, 0) is 32.7 Å². The van der Waals surface area contributed by atoms with Crippen molar-refractivity contribution in [2.24, 2.45) is 0 Å². The molecule has 0 saturated carbocycles. The van der Waals surface area contributed by atoms with E-state index in [1.165, 1.54) is 283 Å². The number of quaternary nitrogens is 1. The Morgan fingerprint density at radius 1 is 0.365 bits per heavy atom. The van der Waals surface area contributed by atoms with E-state index in [9.17, 15) is 19.0 Å². The Labute approximate surface area is 461 Å². The molecule has 0 aromatic heterocycles. The second-order valence-electron chi connectivity index (χ2n) is 23.9. The minimum atomic E-state index is -4.63. The van der Waals surface area contributed by atoms with Crippen molar-refractivity contribution < 1.29 is 42.1 Å². The number of unbranched alkanes of at least 4 members (excludes halogenated alkanes) is 48. The van der Waals surface area contributed by atoms with Gasteiger partial charge < -0.3 is 27.9 Å². The zero-order valence-electron chi connectivity index (χ0n) is 50.3. The fraction of sp³-hybridized carbons (Fsp3) is 0.969. The highest BCUT2D eigenvalue weighted by atomic mass is 31.2. The standard InChI is InChI=1S/C64H128NO8P/c1-6-8-10-12-14-16-18-20-22-24-25-26-27-28-29-30-31-32-33-34-35-36-37-38-39-41-43-45-47-49-51-53-55-57-64(67)73-62(61-72-74(68,69)71-59-58-65(3,4)5)60-70-63(66)56-54-52-50-48-46-44-42-40-23-21-19-17-15-13-11-9-7-2/h62H,6-61H2,1-5H3. The lowest BCUT2D eigenvalue weighted by Gasteiger charge is -2.28. The van der Waals surface area contributed by atoms with Crippen LogP contribution in [0.5, 0.6) is 0 Å². The Balaban J connectivity index is 3.94. The smallest absolute Gasteiger partial charge is 0.306 e. The minimum Gasteiger partial charge on any atom is -0.756 e. The third-order valence-electron chi connectivity index (χ3n) is 15.1. The van der Waals surface area contributed by atoms with Gasteiger partial charge in [-0.25, -0.2) is 0 Å². The van der Waals surface area contributed by atoms with Gasteiger partial charge in [0.1, 0.15) is 19.8 Å². The Kier molecular flexibility index (Phi) is 56.0. The summed E-state index contributed by atoms with van der Waals surface area (Å²) in [7, 11) is 1.19. The fourth-order valence-corrected chi connectivity index (χ4v) is 10.8. The molecule has 0 saturated heterocycles. The van der Waals surface area contributed by atoms with Gasteiger partial charge in [-0.1, -0.05) is 322 Å². The van der Waals surface area contributed by atoms with Gasteiger partial charge >= 0.3 is 11.9 Å². The summed E-state index contributed by atoms with van der Waals surface area (Å²) < 4.78 is 34.2. The first-order valence-electron chi connectivity index (χ1n) is 32.7. The van der Waals surface area contributed by atoms with Crippen LogP contribution in [0.1, 0.15) is 348 Å². The summed E-state index contributed by atoms with van der Waals surface area (Å²) in [5.74, 6) is -0.807. The molecule has 0 aromatic carbocycles. The maximum absolute atomic E-state index is 12.8. The number of rotatable bonds is 62. The molecule has 0 N–H and O–H groups in total. The molecular formula is C64H128NO8P. The molecule has 0 spiro atoms. The number of hydrogen-bond donors (Lipinski definition) is 0. The van der Waals surface area contributed by atoms with Crippen LogP contribution in [0.25, 0.3) is 0 Å². The third kappa shape index (κ3) is 60.2. The van der Waals surface area contributed by atoms with Crippen molar-refractivity contribution in [2.45, 2.75) is 354 Å². The zero-order chi connectivity index (χ0) is 54.2. The Morgan fingerprint density at radius 2 is 0.608 bits per heavy atom. The number of esters is 2. The summed E-state index contributed by atoms with van der Waals surface area (Å²) in [6.45, 7) is 4.32. The van der Waals surface area contributed by atoms with Gasteiger partial charge in [0.25, 0.3) is 7.82 Å². The molecule has 0 aliphatic rings. The SMILES string of the molecule is CCCCCCCCCCCCCCCCCCCCCCCCCCCCCCCCCCCC(=O)OC(COC(=O)CCCCCCCCCCCCCCCCCCC)COP(=O)([O-])OCC[N+](C)(C)C. The number of phosphoric ester groups is 1. The van der Waals surface area contributed by atoms with E-state index >= 15 is 0 Å². The van der Waals surface area contributed by atoms with Crippen LogP contribution in [0, 0.1) is 0 Å². The summed E-state index contributed by atoms with van der Waals surface area (Å²) in [5.41, 5.74) is 0. The molecule has 0 heterocycles. The maximum atomic E-state index is 12.8. The monoisotopic (exact) mass is 1070 g/mol. The van der Waals surface area contributed by atoms with Gasteiger partial charge in [0.05, 0.1) is 27.7 Å². The lowest BCUT2D eigenvalue weighted by molar-refractivity contribution is -0.870. The molecule has 442 valence electrons. The number of carbonyl (C=O) groups is 2.